The summed E-state index contributed by atoms with van der Waals surface area (Å²) in [4.78, 5) is 17.6. The number of thiazole rings is 1. The van der Waals surface area contributed by atoms with Gasteiger partial charge in [-0.25, -0.2) is 9.78 Å². The normalized spacial score (nSPS) is 11.7. The lowest BCUT2D eigenvalue weighted by atomic mass is 10.1. The summed E-state index contributed by atoms with van der Waals surface area (Å²) in [6.45, 7) is 5.57. The van der Waals surface area contributed by atoms with Crippen molar-refractivity contribution in [2.45, 2.75) is 26.4 Å². The Morgan fingerprint density at radius 2 is 2.00 bits per heavy atom. The lowest BCUT2D eigenvalue weighted by Crippen LogP contribution is -2.26. The molecule has 0 N–H and O–H groups in total. The van der Waals surface area contributed by atoms with Crippen LogP contribution in [-0.2, 0) is 4.74 Å². The first-order valence-electron chi connectivity index (χ1n) is 8.76. The SMILES string of the molecule is COc1ccc2c(c1)c(-c1nc(-c3ccsc3)cs1)cn2C(=O)OC(C)(C)C. The highest BCUT2D eigenvalue weighted by Crippen LogP contribution is 2.37. The first kappa shape index (κ1) is 18.7. The number of carbonyl (C=O) groups is 1. The van der Waals surface area contributed by atoms with Crippen molar-refractivity contribution in [3.8, 4) is 27.6 Å². The van der Waals surface area contributed by atoms with Gasteiger partial charge in [0.25, 0.3) is 0 Å². The van der Waals surface area contributed by atoms with E-state index in [0.29, 0.717) is 0 Å². The summed E-state index contributed by atoms with van der Waals surface area (Å²) in [5, 5.41) is 7.89. The molecule has 5 nitrogen and oxygen atoms in total. The molecule has 28 heavy (non-hydrogen) atoms. The zero-order valence-electron chi connectivity index (χ0n) is 16.1. The van der Waals surface area contributed by atoms with E-state index < -0.39 is 11.7 Å². The number of benzene rings is 1. The van der Waals surface area contributed by atoms with Crippen molar-refractivity contribution in [1.82, 2.24) is 9.55 Å². The van der Waals surface area contributed by atoms with E-state index in [1.165, 1.54) is 0 Å². The summed E-state index contributed by atoms with van der Waals surface area (Å²) in [7, 11) is 1.63. The number of methoxy groups -OCH3 is 1. The Bertz CT molecular complexity index is 1130. The molecule has 3 heterocycles. The molecule has 0 aliphatic carbocycles. The Kier molecular flexibility index (Phi) is 4.72. The second kappa shape index (κ2) is 7.07. The molecule has 0 bridgehead atoms. The molecule has 144 valence electrons. The van der Waals surface area contributed by atoms with Gasteiger partial charge in [-0.15, -0.1) is 11.3 Å². The lowest BCUT2D eigenvalue weighted by Gasteiger charge is -2.19. The van der Waals surface area contributed by atoms with Crippen molar-refractivity contribution in [3.63, 3.8) is 0 Å². The molecule has 0 aliphatic heterocycles. The zero-order valence-corrected chi connectivity index (χ0v) is 17.7. The molecule has 0 saturated heterocycles. The lowest BCUT2D eigenvalue weighted by molar-refractivity contribution is 0.0544. The minimum Gasteiger partial charge on any atom is -0.497 e. The van der Waals surface area contributed by atoms with Crippen LogP contribution in [0.1, 0.15) is 20.8 Å². The molecule has 0 radical (unpaired) electrons. The quantitative estimate of drug-likeness (QED) is 0.397. The summed E-state index contributed by atoms with van der Waals surface area (Å²) < 4.78 is 12.5. The first-order chi connectivity index (χ1) is 13.4. The van der Waals surface area contributed by atoms with E-state index in [4.69, 9.17) is 14.5 Å². The van der Waals surface area contributed by atoms with Crippen molar-refractivity contribution in [2.75, 3.05) is 7.11 Å². The standard InChI is InChI=1S/C21H20N2O3S2/c1-21(2,3)26-20(24)23-10-16(15-9-14(25-4)5-6-18(15)23)19-22-17(12-28-19)13-7-8-27-11-13/h5-12H,1-4H3. The van der Waals surface area contributed by atoms with Gasteiger partial charge in [0.2, 0.25) is 0 Å². The van der Waals surface area contributed by atoms with Gasteiger partial charge in [0, 0.05) is 33.5 Å². The molecule has 3 aromatic heterocycles. The monoisotopic (exact) mass is 412 g/mol. The summed E-state index contributed by atoms with van der Waals surface area (Å²) in [5.41, 5.74) is 3.10. The van der Waals surface area contributed by atoms with E-state index in [9.17, 15) is 4.79 Å². The number of hydrogen-bond donors (Lipinski definition) is 0. The molecular formula is C21H20N2O3S2. The fraction of sp³-hybridized carbons (Fsp3) is 0.238. The van der Waals surface area contributed by atoms with E-state index >= 15 is 0 Å². The summed E-state index contributed by atoms with van der Waals surface area (Å²) >= 11 is 3.20. The van der Waals surface area contributed by atoms with Gasteiger partial charge in [-0.2, -0.15) is 11.3 Å². The molecular weight excluding hydrogens is 392 g/mol. The summed E-state index contributed by atoms with van der Waals surface area (Å²) in [5.74, 6) is 0.727. The third kappa shape index (κ3) is 3.55. The smallest absolute Gasteiger partial charge is 0.419 e. The highest BCUT2D eigenvalue weighted by Gasteiger charge is 2.22. The van der Waals surface area contributed by atoms with E-state index in [2.05, 4.69) is 11.4 Å². The molecule has 1 aromatic carbocycles. The van der Waals surface area contributed by atoms with E-state index in [0.717, 1.165) is 38.5 Å². The molecule has 0 atom stereocenters. The third-order valence-corrected chi connectivity index (χ3v) is 5.71. The predicted octanol–water partition coefficient (Wildman–Crippen LogP) is 6.29. The van der Waals surface area contributed by atoms with Crippen molar-refractivity contribution in [2.24, 2.45) is 0 Å². The second-order valence-electron chi connectivity index (χ2n) is 7.33. The maximum Gasteiger partial charge on any atom is 0.419 e. The van der Waals surface area contributed by atoms with Crippen LogP contribution in [0.25, 0.3) is 32.7 Å². The second-order valence-corrected chi connectivity index (χ2v) is 8.96. The molecule has 4 aromatic rings. The fourth-order valence-corrected chi connectivity index (χ4v) is 4.41. The Morgan fingerprint density at radius 3 is 2.68 bits per heavy atom. The predicted molar refractivity (Wildman–Crippen MR) is 115 cm³/mol. The number of hydrogen-bond acceptors (Lipinski definition) is 6. The minimum absolute atomic E-state index is 0.413. The number of fused-ring (bicyclic) bond motifs is 1. The largest absolute Gasteiger partial charge is 0.497 e. The highest BCUT2D eigenvalue weighted by molar-refractivity contribution is 7.13. The molecule has 0 aliphatic rings. The Morgan fingerprint density at radius 1 is 1.18 bits per heavy atom. The topological polar surface area (TPSA) is 53.4 Å². The fourth-order valence-electron chi connectivity index (χ4n) is 2.91. The molecule has 7 heteroatoms. The Labute approximate surface area is 171 Å². The first-order valence-corrected chi connectivity index (χ1v) is 10.6. The molecule has 0 unspecified atom stereocenters. The average Bonchev–Trinajstić information content (AvgIpc) is 3.37. The summed E-state index contributed by atoms with van der Waals surface area (Å²) in [6.07, 6.45) is 1.39. The number of aromatic nitrogens is 2. The van der Waals surface area contributed by atoms with Gasteiger partial charge >= 0.3 is 6.09 Å². The maximum absolute atomic E-state index is 12.8. The maximum atomic E-state index is 12.8. The van der Waals surface area contributed by atoms with Crippen molar-refractivity contribution >= 4 is 39.7 Å². The van der Waals surface area contributed by atoms with E-state index in [1.807, 2.05) is 49.7 Å². The highest BCUT2D eigenvalue weighted by atomic mass is 32.1. The van der Waals surface area contributed by atoms with Crippen molar-refractivity contribution in [1.29, 1.82) is 0 Å². The van der Waals surface area contributed by atoms with Gasteiger partial charge in [0.1, 0.15) is 16.4 Å². The van der Waals surface area contributed by atoms with E-state index in [1.54, 1.807) is 40.5 Å². The van der Waals surface area contributed by atoms with Gasteiger partial charge in [-0.05, 0) is 50.4 Å². The number of rotatable bonds is 3. The molecule has 0 saturated carbocycles. The number of nitrogens with zero attached hydrogens (tertiary/aromatic N) is 2. The Balaban J connectivity index is 1.84. The van der Waals surface area contributed by atoms with Crippen LogP contribution in [0.2, 0.25) is 0 Å². The molecule has 0 spiro atoms. The van der Waals surface area contributed by atoms with Gasteiger partial charge in [0.05, 0.1) is 18.3 Å². The van der Waals surface area contributed by atoms with Crippen LogP contribution in [-0.4, -0.2) is 28.4 Å². The van der Waals surface area contributed by atoms with Gasteiger partial charge < -0.3 is 9.47 Å². The molecule has 0 amide bonds. The van der Waals surface area contributed by atoms with Crippen LogP contribution in [0.15, 0.2) is 46.6 Å². The van der Waals surface area contributed by atoms with Crippen LogP contribution in [0, 0.1) is 0 Å². The van der Waals surface area contributed by atoms with Gasteiger partial charge in [0.15, 0.2) is 0 Å². The third-order valence-electron chi connectivity index (χ3n) is 4.15. The van der Waals surface area contributed by atoms with E-state index in [-0.39, 0.29) is 0 Å². The average molecular weight is 413 g/mol. The van der Waals surface area contributed by atoms with Crippen LogP contribution in [0.3, 0.4) is 0 Å². The molecule has 4 rings (SSSR count). The van der Waals surface area contributed by atoms with Gasteiger partial charge in [-0.1, -0.05) is 0 Å². The van der Waals surface area contributed by atoms with Crippen molar-refractivity contribution < 1.29 is 14.3 Å². The number of thiophene rings is 1. The number of carbonyl (C=O) groups excluding carboxylic acids is 1. The zero-order chi connectivity index (χ0) is 19.9. The molecule has 0 fully saturated rings. The number of ether oxygens (including phenoxy) is 2. The van der Waals surface area contributed by atoms with Gasteiger partial charge in [-0.3, -0.25) is 4.57 Å². The summed E-state index contributed by atoms with van der Waals surface area (Å²) in [6, 6.07) is 7.69. The van der Waals surface area contributed by atoms with Crippen LogP contribution >= 0.6 is 22.7 Å². The van der Waals surface area contributed by atoms with Crippen LogP contribution < -0.4 is 4.74 Å². The Hall–Kier alpha value is -2.64. The van der Waals surface area contributed by atoms with Crippen LogP contribution in [0.5, 0.6) is 5.75 Å². The van der Waals surface area contributed by atoms with Crippen molar-refractivity contribution in [3.05, 3.63) is 46.6 Å². The van der Waals surface area contributed by atoms with Crippen LogP contribution in [0.4, 0.5) is 4.79 Å². The minimum atomic E-state index is -0.576.